The molecular weight excluding hydrogens is 233 g/mol. The standard InChI is InChI=1S/C14H20FNS/c1-5-16-13-11-7-10(15)6-9(2)12(11)8-17-14(13,3)4/h6-7,13,16H,5,8H2,1-4H3. The molecule has 1 unspecified atom stereocenters. The first-order valence-electron chi connectivity index (χ1n) is 6.12. The summed E-state index contributed by atoms with van der Waals surface area (Å²) in [5.41, 5.74) is 3.53. The third kappa shape index (κ3) is 2.36. The summed E-state index contributed by atoms with van der Waals surface area (Å²) < 4.78 is 13.7. The maximum atomic E-state index is 13.6. The van der Waals surface area contributed by atoms with Crippen LogP contribution in [0.3, 0.4) is 0 Å². The molecule has 1 aromatic carbocycles. The molecule has 1 aromatic rings. The molecule has 1 heterocycles. The zero-order valence-corrected chi connectivity index (χ0v) is 11.7. The molecule has 1 aliphatic heterocycles. The van der Waals surface area contributed by atoms with E-state index in [1.807, 2.05) is 18.7 Å². The minimum absolute atomic E-state index is 0.114. The summed E-state index contributed by atoms with van der Waals surface area (Å²) in [6.07, 6.45) is 0. The van der Waals surface area contributed by atoms with Crippen LogP contribution < -0.4 is 5.32 Å². The van der Waals surface area contributed by atoms with Crippen molar-refractivity contribution >= 4 is 11.8 Å². The highest BCUT2D eigenvalue weighted by Crippen LogP contribution is 2.46. The van der Waals surface area contributed by atoms with Crippen LogP contribution in [0, 0.1) is 12.7 Å². The van der Waals surface area contributed by atoms with Gasteiger partial charge in [-0.15, -0.1) is 11.8 Å². The molecule has 0 saturated heterocycles. The molecule has 0 amide bonds. The molecule has 0 saturated carbocycles. The van der Waals surface area contributed by atoms with Gasteiger partial charge in [-0.1, -0.05) is 6.92 Å². The molecule has 17 heavy (non-hydrogen) atoms. The van der Waals surface area contributed by atoms with E-state index in [9.17, 15) is 4.39 Å². The fourth-order valence-electron chi connectivity index (χ4n) is 2.53. The number of halogens is 1. The Labute approximate surface area is 107 Å². The van der Waals surface area contributed by atoms with Crippen molar-refractivity contribution in [3.8, 4) is 0 Å². The average molecular weight is 253 g/mol. The van der Waals surface area contributed by atoms with Crippen LogP contribution >= 0.6 is 11.8 Å². The van der Waals surface area contributed by atoms with Gasteiger partial charge >= 0.3 is 0 Å². The van der Waals surface area contributed by atoms with Crippen molar-refractivity contribution in [1.82, 2.24) is 5.32 Å². The van der Waals surface area contributed by atoms with Crippen LogP contribution in [-0.2, 0) is 5.75 Å². The number of hydrogen-bond acceptors (Lipinski definition) is 2. The number of fused-ring (bicyclic) bond motifs is 1. The lowest BCUT2D eigenvalue weighted by molar-refractivity contribution is 0.447. The van der Waals surface area contributed by atoms with Crippen LogP contribution in [0.2, 0.25) is 0 Å². The Morgan fingerprint density at radius 2 is 2.18 bits per heavy atom. The fraction of sp³-hybridized carbons (Fsp3) is 0.571. The number of nitrogens with one attached hydrogen (secondary N) is 1. The maximum absolute atomic E-state index is 13.6. The summed E-state index contributed by atoms with van der Waals surface area (Å²) >= 11 is 1.95. The first-order valence-corrected chi connectivity index (χ1v) is 7.10. The molecule has 1 N–H and O–H groups in total. The zero-order chi connectivity index (χ0) is 12.6. The molecule has 0 fully saturated rings. The summed E-state index contributed by atoms with van der Waals surface area (Å²) in [6, 6.07) is 3.58. The zero-order valence-electron chi connectivity index (χ0n) is 10.9. The van der Waals surface area contributed by atoms with Crippen molar-refractivity contribution in [3.63, 3.8) is 0 Å². The van der Waals surface area contributed by atoms with Crippen molar-refractivity contribution < 1.29 is 4.39 Å². The fourth-order valence-corrected chi connectivity index (χ4v) is 3.82. The van der Waals surface area contributed by atoms with Gasteiger partial charge in [0, 0.05) is 16.5 Å². The summed E-state index contributed by atoms with van der Waals surface area (Å²) in [5, 5.41) is 3.50. The molecular formula is C14H20FNS. The summed E-state index contributed by atoms with van der Waals surface area (Å²) in [7, 11) is 0. The summed E-state index contributed by atoms with van der Waals surface area (Å²) in [6.45, 7) is 9.47. The van der Waals surface area contributed by atoms with E-state index < -0.39 is 0 Å². The summed E-state index contributed by atoms with van der Waals surface area (Å²) in [5.74, 6) is 0.864. The highest BCUT2D eigenvalue weighted by atomic mass is 32.2. The van der Waals surface area contributed by atoms with E-state index in [-0.39, 0.29) is 16.6 Å². The largest absolute Gasteiger partial charge is 0.309 e. The van der Waals surface area contributed by atoms with Crippen LogP contribution in [0.4, 0.5) is 4.39 Å². The Balaban J connectivity index is 2.52. The van der Waals surface area contributed by atoms with Crippen LogP contribution in [-0.4, -0.2) is 11.3 Å². The number of thioether (sulfide) groups is 1. The molecule has 1 nitrogen and oxygen atoms in total. The molecule has 2 rings (SSSR count). The minimum atomic E-state index is -0.119. The Morgan fingerprint density at radius 3 is 2.82 bits per heavy atom. The smallest absolute Gasteiger partial charge is 0.123 e. The first kappa shape index (κ1) is 12.9. The quantitative estimate of drug-likeness (QED) is 0.860. The molecule has 0 bridgehead atoms. The van der Waals surface area contributed by atoms with Crippen molar-refractivity contribution in [1.29, 1.82) is 0 Å². The van der Waals surface area contributed by atoms with E-state index in [2.05, 4.69) is 26.1 Å². The lowest BCUT2D eigenvalue weighted by atomic mass is 9.89. The molecule has 0 aliphatic carbocycles. The monoisotopic (exact) mass is 253 g/mol. The average Bonchev–Trinajstić information content (AvgIpc) is 2.22. The van der Waals surface area contributed by atoms with E-state index in [0.717, 1.165) is 23.4 Å². The van der Waals surface area contributed by atoms with Crippen LogP contribution in [0.15, 0.2) is 12.1 Å². The van der Waals surface area contributed by atoms with E-state index in [1.165, 1.54) is 5.56 Å². The molecule has 0 aromatic heterocycles. The Morgan fingerprint density at radius 1 is 1.47 bits per heavy atom. The van der Waals surface area contributed by atoms with Gasteiger partial charge in [-0.2, -0.15) is 0 Å². The molecule has 94 valence electrons. The number of benzene rings is 1. The third-order valence-electron chi connectivity index (χ3n) is 3.48. The molecule has 0 radical (unpaired) electrons. The SMILES string of the molecule is CCNC1c2cc(F)cc(C)c2CSC1(C)C. The normalized spacial score (nSPS) is 22.3. The van der Waals surface area contributed by atoms with Gasteiger partial charge in [-0.25, -0.2) is 4.39 Å². The van der Waals surface area contributed by atoms with Gasteiger partial charge < -0.3 is 5.32 Å². The van der Waals surface area contributed by atoms with Gasteiger partial charge in [0.2, 0.25) is 0 Å². The second-order valence-electron chi connectivity index (χ2n) is 5.17. The summed E-state index contributed by atoms with van der Waals surface area (Å²) in [4.78, 5) is 0. The van der Waals surface area contributed by atoms with Crippen molar-refractivity contribution in [2.45, 2.75) is 44.2 Å². The Hall–Kier alpha value is -0.540. The van der Waals surface area contributed by atoms with E-state index in [4.69, 9.17) is 0 Å². The number of hydrogen-bond donors (Lipinski definition) is 1. The van der Waals surface area contributed by atoms with Crippen molar-refractivity contribution in [2.24, 2.45) is 0 Å². The van der Waals surface area contributed by atoms with Crippen molar-refractivity contribution in [2.75, 3.05) is 6.54 Å². The predicted molar refractivity (Wildman–Crippen MR) is 72.9 cm³/mol. The highest BCUT2D eigenvalue weighted by molar-refractivity contribution is 8.00. The second-order valence-corrected chi connectivity index (χ2v) is 6.80. The molecule has 3 heteroatoms. The minimum Gasteiger partial charge on any atom is -0.309 e. The number of aryl methyl sites for hydroxylation is 1. The molecule has 1 aliphatic rings. The van der Waals surface area contributed by atoms with E-state index in [0.29, 0.717) is 0 Å². The van der Waals surface area contributed by atoms with Gasteiger partial charge in [0.25, 0.3) is 0 Å². The second kappa shape index (κ2) is 4.62. The lowest BCUT2D eigenvalue weighted by Gasteiger charge is -2.40. The predicted octanol–water partition coefficient (Wildman–Crippen LogP) is 3.81. The van der Waals surface area contributed by atoms with Gasteiger partial charge in [-0.05, 0) is 56.1 Å². The lowest BCUT2D eigenvalue weighted by Crippen LogP contribution is -2.40. The van der Waals surface area contributed by atoms with E-state index in [1.54, 1.807) is 12.1 Å². The molecule has 1 atom stereocenters. The van der Waals surface area contributed by atoms with Gasteiger partial charge in [-0.3, -0.25) is 0 Å². The van der Waals surface area contributed by atoms with Crippen LogP contribution in [0.5, 0.6) is 0 Å². The maximum Gasteiger partial charge on any atom is 0.123 e. The van der Waals surface area contributed by atoms with Crippen molar-refractivity contribution in [3.05, 3.63) is 34.6 Å². The van der Waals surface area contributed by atoms with Gasteiger partial charge in [0.1, 0.15) is 5.82 Å². The van der Waals surface area contributed by atoms with Gasteiger partial charge in [0.15, 0.2) is 0 Å². The molecule has 0 spiro atoms. The highest BCUT2D eigenvalue weighted by Gasteiger charge is 2.36. The Bertz CT molecular complexity index is 428. The Kier molecular flexibility index (Phi) is 3.50. The third-order valence-corrected chi connectivity index (χ3v) is 4.89. The first-order chi connectivity index (χ1) is 7.95. The van der Waals surface area contributed by atoms with Crippen LogP contribution in [0.25, 0.3) is 0 Å². The number of rotatable bonds is 2. The van der Waals surface area contributed by atoms with Gasteiger partial charge in [0.05, 0.1) is 0 Å². The van der Waals surface area contributed by atoms with Crippen LogP contribution in [0.1, 0.15) is 43.5 Å². The van der Waals surface area contributed by atoms with E-state index >= 15 is 0 Å². The topological polar surface area (TPSA) is 12.0 Å².